The van der Waals surface area contributed by atoms with Crippen LogP contribution in [0.1, 0.15) is 47.4 Å². The summed E-state index contributed by atoms with van der Waals surface area (Å²) in [6.45, 7) is 0.780. The van der Waals surface area contributed by atoms with Crippen LogP contribution in [0, 0.1) is 16.7 Å². The van der Waals surface area contributed by atoms with Crippen molar-refractivity contribution in [2.75, 3.05) is 14.1 Å². The summed E-state index contributed by atoms with van der Waals surface area (Å²) >= 11 is 0. The van der Waals surface area contributed by atoms with E-state index in [2.05, 4.69) is 11.2 Å². The lowest BCUT2D eigenvalue weighted by atomic mass is 9.86. The Kier molecular flexibility index (Phi) is 3.63. The number of carbonyl (C=O) groups is 2. The van der Waals surface area contributed by atoms with Gasteiger partial charge in [0.15, 0.2) is 5.69 Å². The van der Waals surface area contributed by atoms with E-state index in [-0.39, 0.29) is 11.8 Å². The van der Waals surface area contributed by atoms with Gasteiger partial charge < -0.3 is 9.80 Å². The molecule has 7 heteroatoms. The zero-order valence-corrected chi connectivity index (χ0v) is 13.8. The molecule has 23 heavy (non-hydrogen) atoms. The molecule has 2 heterocycles. The van der Waals surface area contributed by atoms with Gasteiger partial charge >= 0.3 is 0 Å². The van der Waals surface area contributed by atoms with Gasteiger partial charge in [0.2, 0.25) is 5.91 Å². The van der Waals surface area contributed by atoms with E-state index in [1.54, 1.807) is 30.7 Å². The maximum Gasteiger partial charge on any atom is 0.274 e. The average molecular weight is 315 g/mol. The monoisotopic (exact) mass is 315 g/mol. The fourth-order valence-corrected chi connectivity index (χ4v) is 3.58. The molecule has 0 atom stereocenters. The topological polar surface area (TPSA) is 82.2 Å². The van der Waals surface area contributed by atoms with Crippen molar-refractivity contribution in [3.63, 3.8) is 0 Å². The van der Waals surface area contributed by atoms with Crippen molar-refractivity contribution in [1.29, 1.82) is 5.26 Å². The van der Waals surface area contributed by atoms with Crippen LogP contribution in [0.5, 0.6) is 0 Å². The summed E-state index contributed by atoms with van der Waals surface area (Å²) in [6.07, 6.45) is 3.12. The highest BCUT2D eigenvalue weighted by Gasteiger charge is 2.46. The third kappa shape index (κ3) is 2.29. The van der Waals surface area contributed by atoms with Gasteiger partial charge in [-0.3, -0.25) is 14.3 Å². The number of carbonyl (C=O) groups excluding carboxylic acids is 2. The van der Waals surface area contributed by atoms with Crippen LogP contribution in [-0.4, -0.2) is 45.5 Å². The molecule has 1 fully saturated rings. The number of fused-ring (bicyclic) bond motifs is 1. The quantitative estimate of drug-likeness (QED) is 0.816. The number of hydrogen-bond acceptors (Lipinski definition) is 4. The van der Waals surface area contributed by atoms with Gasteiger partial charge in [-0.25, -0.2) is 0 Å². The van der Waals surface area contributed by atoms with E-state index in [0.717, 1.165) is 24.1 Å². The maximum absolute atomic E-state index is 12.9. The summed E-state index contributed by atoms with van der Waals surface area (Å²) < 4.78 is 1.67. The first-order valence-corrected chi connectivity index (χ1v) is 7.86. The normalized spacial score (nSPS) is 18.6. The molecule has 7 nitrogen and oxygen atoms in total. The smallest absolute Gasteiger partial charge is 0.274 e. The van der Waals surface area contributed by atoms with Gasteiger partial charge in [0, 0.05) is 26.7 Å². The molecule has 122 valence electrons. The first-order chi connectivity index (χ1) is 10.9. The lowest BCUT2D eigenvalue weighted by Gasteiger charge is -2.26. The van der Waals surface area contributed by atoms with Crippen LogP contribution in [0.4, 0.5) is 0 Å². The summed E-state index contributed by atoms with van der Waals surface area (Å²) in [5, 5.41) is 13.8. The second-order valence-electron chi connectivity index (χ2n) is 6.66. The van der Waals surface area contributed by atoms with E-state index in [0.29, 0.717) is 31.6 Å². The van der Waals surface area contributed by atoms with E-state index >= 15 is 0 Å². The third-order valence-electron chi connectivity index (χ3n) is 4.94. The van der Waals surface area contributed by atoms with Crippen molar-refractivity contribution in [1.82, 2.24) is 19.6 Å². The van der Waals surface area contributed by atoms with Crippen LogP contribution >= 0.6 is 0 Å². The molecule has 1 aliphatic carbocycles. The van der Waals surface area contributed by atoms with Gasteiger partial charge in [0.25, 0.3) is 5.91 Å². The highest BCUT2D eigenvalue weighted by molar-refractivity contribution is 5.94. The molecule has 3 rings (SSSR count). The molecule has 0 spiro atoms. The molecule has 0 N–H and O–H groups in total. The summed E-state index contributed by atoms with van der Waals surface area (Å²) in [7, 11) is 5.16. The fourth-order valence-electron chi connectivity index (χ4n) is 3.58. The van der Waals surface area contributed by atoms with Crippen molar-refractivity contribution in [3.8, 4) is 6.07 Å². The van der Waals surface area contributed by atoms with Gasteiger partial charge in [-0.2, -0.15) is 10.4 Å². The zero-order chi connectivity index (χ0) is 16.8. The predicted molar refractivity (Wildman–Crippen MR) is 82.0 cm³/mol. The molecule has 2 amide bonds. The van der Waals surface area contributed by atoms with Crippen LogP contribution < -0.4 is 0 Å². The third-order valence-corrected chi connectivity index (χ3v) is 4.94. The first-order valence-electron chi connectivity index (χ1n) is 7.86. The molecular formula is C16H21N5O2. The Morgan fingerprint density at radius 1 is 1.26 bits per heavy atom. The lowest BCUT2D eigenvalue weighted by molar-refractivity contribution is -0.139. The van der Waals surface area contributed by atoms with Crippen molar-refractivity contribution in [2.45, 2.75) is 38.8 Å². The molecule has 1 aromatic rings. The van der Waals surface area contributed by atoms with Crippen molar-refractivity contribution in [2.24, 2.45) is 12.5 Å². The van der Waals surface area contributed by atoms with E-state index < -0.39 is 5.41 Å². The van der Waals surface area contributed by atoms with Crippen molar-refractivity contribution in [3.05, 3.63) is 17.0 Å². The summed E-state index contributed by atoms with van der Waals surface area (Å²) in [5.74, 6) is -0.260. The molecule has 1 aromatic heterocycles. The fraction of sp³-hybridized carbons (Fsp3) is 0.625. The Morgan fingerprint density at radius 2 is 1.91 bits per heavy atom. The molecular weight excluding hydrogens is 294 g/mol. The van der Waals surface area contributed by atoms with Crippen LogP contribution in [0.3, 0.4) is 0 Å². The maximum atomic E-state index is 12.9. The highest BCUT2D eigenvalue weighted by Crippen LogP contribution is 2.41. The van der Waals surface area contributed by atoms with Crippen LogP contribution in [0.2, 0.25) is 0 Å². The van der Waals surface area contributed by atoms with Crippen LogP contribution in [0.15, 0.2) is 0 Å². The number of amides is 2. The summed E-state index contributed by atoms with van der Waals surface area (Å²) in [4.78, 5) is 28.3. The first kappa shape index (κ1) is 15.5. The number of aromatic nitrogens is 2. The van der Waals surface area contributed by atoms with Crippen molar-refractivity contribution < 1.29 is 9.59 Å². The average Bonchev–Trinajstić information content (AvgIpc) is 3.22. The van der Waals surface area contributed by atoms with E-state index in [9.17, 15) is 14.9 Å². The molecule has 0 aromatic carbocycles. The highest BCUT2D eigenvalue weighted by atomic mass is 16.2. The number of rotatable bonds is 2. The van der Waals surface area contributed by atoms with E-state index in [4.69, 9.17) is 0 Å². The molecule has 2 aliphatic rings. The molecule has 0 saturated heterocycles. The van der Waals surface area contributed by atoms with Gasteiger partial charge in [-0.1, -0.05) is 12.8 Å². The number of nitrogens with zero attached hydrogens (tertiary/aromatic N) is 5. The molecule has 1 aliphatic heterocycles. The van der Waals surface area contributed by atoms with Gasteiger partial charge in [-0.05, 0) is 12.8 Å². The zero-order valence-electron chi connectivity index (χ0n) is 13.8. The summed E-state index contributed by atoms with van der Waals surface area (Å²) in [5.41, 5.74) is 1.22. The SMILES string of the molecule is CN(C)C(=O)c1nn(C)c2c1CN(C(=O)C1(C#N)CCCC1)C2. The summed E-state index contributed by atoms with van der Waals surface area (Å²) in [6, 6.07) is 2.25. The number of nitriles is 1. The second kappa shape index (κ2) is 5.37. The van der Waals surface area contributed by atoms with Crippen LogP contribution in [-0.2, 0) is 24.9 Å². The number of aryl methyl sites for hydroxylation is 1. The molecule has 1 saturated carbocycles. The molecule has 0 radical (unpaired) electrons. The van der Waals surface area contributed by atoms with Gasteiger partial charge in [0.05, 0.1) is 24.9 Å². The van der Waals surface area contributed by atoms with Gasteiger partial charge in [-0.15, -0.1) is 0 Å². The minimum atomic E-state index is -0.874. The molecule has 0 bridgehead atoms. The minimum absolute atomic E-state index is 0.100. The Balaban J connectivity index is 1.88. The second-order valence-corrected chi connectivity index (χ2v) is 6.66. The Morgan fingerprint density at radius 3 is 2.48 bits per heavy atom. The largest absolute Gasteiger partial charge is 0.343 e. The Labute approximate surface area is 135 Å². The Bertz CT molecular complexity index is 707. The predicted octanol–water partition coefficient (Wildman–Crippen LogP) is 1.05. The Hall–Kier alpha value is -2.36. The van der Waals surface area contributed by atoms with Crippen molar-refractivity contribution >= 4 is 11.8 Å². The van der Waals surface area contributed by atoms with Gasteiger partial charge in [0.1, 0.15) is 5.41 Å². The van der Waals surface area contributed by atoms with Crippen LogP contribution in [0.25, 0.3) is 0 Å². The molecule has 0 unspecified atom stereocenters. The lowest BCUT2D eigenvalue weighted by Crippen LogP contribution is -2.39. The number of hydrogen-bond donors (Lipinski definition) is 0. The van der Waals surface area contributed by atoms with E-state index in [1.807, 2.05) is 0 Å². The standard InChI is InChI=1S/C16H21N5O2/c1-19(2)14(22)13-11-8-21(9-12(11)20(3)18-13)15(23)16(10-17)6-4-5-7-16/h4-9H2,1-3H3. The minimum Gasteiger partial charge on any atom is -0.343 e. The van der Waals surface area contributed by atoms with E-state index in [1.165, 1.54) is 4.90 Å².